The lowest BCUT2D eigenvalue weighted by atomic mass is 10.2. The van der Waals surface area contributed by atoms with E-state index in [1.54, 1.807) is 6.07 Å². The van der Waals surface area contributed by atoms with Crippen LogP contribution in [0.3, 0.4) is 0 Å². The number of nitrogens with zero attached hydrogens (tertiary/aromatic N) is 3. The van der Waals surface area contributed by atoms with Crippen molar-refractivity contribution in [2.75, 3.05) is 11.9 Å². The first-order chi connectivity index (χ1) is 11.7. The van der Waals surface area contributed by atoms with Crippen LogP contribution in [0.2, 0.25) is 0 Å². The summed E-state index contributed by atoms with van der Waals surface area (Å²) in [6, 6.07) is 9.27. The maximum atomic E-state index is 12.1. The highest BCUT2D eigenvalue weighted by molar-refractivity contribution is 5.56. The first-order valence-corrected chi connectivity index (χ1v) is 8.14. The van der Waals surface area contributed by atoms with Crippen molar-refractivity contribution in [2.45, 2.75) is 33.2 Å². The van der Waals surface area contributed by atoms with Gasteiger partial charge in [0, 0.05) is 6.07 Å². The molecule has 0 unspecified atom stereocenters. The number of benzene rings is 1. The molecule has 3 aromatic rings. The first-order valence-electron chi connectivity index (χ1n) is 8.14. The average Bonchev–Trinajstić information content (AvgIpc) is 2.98. The fraction of sp³-hybridized carbons (Fsp3) is 0.353. The van der Waals surface area contributed by atoms with Crippen molar-refractivity contribution >= 4 is 11.5 Å². The Balaban J connectivity index is 1.81. The molecule has 1 aromatic carbocycles. The Bertz CT molecular complexity index is 884. The van der Waals surface area contributed by atoms with Crippen molar-refractivity contribution in [3.63, 3.8) is 0 Å². The largest absolute Gasteiger partial charge is 0.492 e. The van der Waals surface area contributed by atoms with E-state index in [2.05, 4.69) is 27.3 Å². The summed E-state index contributed by atoms with van der Waals surface area (Å²) in [5.74, 6) is 1.83. The minimum absolute atomic E-state index is 0.142. The van der Waals surface area contributed by atoms with Crippen LogP contribution in [0.25, 0.3) is 5.78 Å². The topological polar surface area (TPSA) is 84.3 Å². The quantitative estimate of drug-likeness (QED) is 0.696. The third kappa shape index (κ3) is 3.40. The van der Waals surface area contributed by atoms with Crippen LogP contribution in [0.5, 0.6) is 5.75 Å². The monoisotopic (exact) mass is 327 g/mol. The van der Waals surface area contributed by atoms with Gasteiger partial charge in [-0.3, -0.25) is 9.89 Å². The van der Waals surface area contributed by atoms with E-state index in [1.165, 1.54) is 4.52 Å². The summed E-state index contributed by atoms with van der Waals surface area (Å²) < 4.78 is 6.95. The van der Waals surface area contributed by atoms with Crippen molar-refractivity contribution < 1.29 is 4.74 Å². The van der Waals surface area contributed by atoms with Gasteiger partial charge < -0.3 is 10.1 Å². The second-order valence-corrected chi connectivity index (χ2v) is 5.42. The minimum Gasteiger partial charge on any atom is -0.492 e. The number of para-hydroxylation sites is 2. The maximum absolute atomic E-state index is 12.1. The summed E-state index contributed by atoms with van der Waals surface area (Å²) in [5, 5.41) is 6.25. The van der Waals surface area contributed by atoms with E-state index in [9.17, 15) is 4.79 Å². The van der Waals surface area contributed by atoms with Gasteiger partial charge in [-0.25, -0.2) is 4.98 Å². The van der Waals surface area contributed by atoms with Crippen LogP contribution in [0.15, 0.2) is 35.1 Å². The van der Waals surface area contributed by atoms with Gasteiger partial charge >= 0.3 is 0 Å². The molecule has 0 bridgehead atoms. The number of hydrogen-bond donors (Lipinski definition) is 2. The third-order valence-electron chi connectivity index (χ3n) is 3.57. The average molecular weight is 327 g/mol. The lowest BCUT2D eigenvalue weighted by molar-refractivity contribution is 0.341. The summed E-state index contributed by atoms with van der Waals surface area (Å²) in [6.07, 6.45) is 1.71. The fourth-order valence-electron chi connectivity index (χ4n) is 2.51. The molecule has 3 rings (SSSR count). The van der Waals surface area contributed by atoms with Crippen LogP contribution < -0.4 is 15.6 Å². The molecular weight excluding hydrogens is 306 g/mol. The maximum Gasteiger partial charge on any atom is 0.274 e. The third-order valence-corrected chi connectivity index (χ3v) is 3.57. The van der Waals surface area contributed by atoms with Gasteiger partial charge in [-0.2, -0.15) is 9.50 Å². The van der Waals surface area contributed by atoms with Crippen LogP contribution in [0.4, 0.5) is 5.69 Å². The number of aryl methyl sites for hydroxylation is 1. The van der Waals surface area contributed by atoms with E-state index in [1.807, 2.05) is 31.2 Å². The van der Waals surface area contributed by atoms with E-state index in [-0.39, 0.29) is 5.56 Å². The van der Waals surface area contributed by atoms with Gasteiger partial charge in [0.25, 0.3) is 11.3 Å². The zero-order valence-electron chi connectivity index (χ0n) is 13.9. The molecule has 2 aromatic heterocycles. The fourth-order valence-corrected chi connectivity index (χ4v) is 2.51. The summed E-state index contributed by atoms with van der Waals surface area (Å²) in [4.78, 5) is 20.9. The second kappa shape index (κ2) is 7.16. The molecule has 0 radical (unpaired) electrons. The van der Waals surface area contributed by atoms with Gasteiger partial charge in [-0.05, 0) is 25.5 Å². The van der Waals surface area contributed by atoms with Crippen molar-refractivity contribution in [3.05, 3.63) is 52.2 Å². The highest BCUT2D eigenvalue weighted by Gasteiger charge is 2.09. The predicted molar refractivity (Wildman–Crippen MR) is 92.5 cm³/mol. The smallest absolute Gasteiger partial charge is 0.274 e. The Labute approximate surface area is 139 Å². The normalized spacial score (nSPS) is 10.9. The molecule has 126 valence electrons. The SMILES string of the molecule is CCCc1cc(=O)n2[nH]c(CNc3ccccc3OCC)nc2n1. The molecule has 2 N–H and O–H groups in total. The van der Waals surface area contributed by atoms with E-state index in [4.69, 9.17) is 4.74 Å². The number of aromatic amines is 1. The number of nitrogens with one attached hydrogen (secondary N) is 2. The molecule has 0 saturated heterocycles. The summed E-state index contributed by atoms with van der Waals surface area (Å²) >= 11 is 0. The van der Waals surface area contributed by atoms with Crippen LogP contribution in [0, 0.1) is 0 Å². The van der Waals surface area contributed by atoms with Crippen LogP contribution in [-0.4, -0.2) is 26.2 Å². The number of aromatic nitrogens is 4. The number of anilines is 1. The number of hydrogen-bond acceptors (Lipinski definition) is 5. The van der Waals surface area contributed by atoms with Crippen molar-refractivity contribution in [1.82, 2.24) is 19.6 Å². The zero-order chi connectivity index (χ0) is 16.9. The Kier molecular flexibility index (Phi) is 4.79. The van der Waals surface area contributed by atoms with E-state index in [0.29, 0.717) is 24.8 Å². The highest BCUT2D eigenvalue weighted by atomic mass is 16.5. The van der Waals surface area contributed by atoms with Crippen molar-refractivity contribution in [2.24, 2.45) is 0 Å². The predicted octanol–water partition coefficient (Wildman–Crippen LogP) is 2.38. The molecule has 2 heterocycles. The molecule has 7 heteroatoms. The molecule has 0 atom stereocenters. The summed E-state index contributed by atoms with van der Waals surface area (Å²) in [7, 11) is 0. The van der Waals surface area contributed by atoms with Gasteiger partial charge in [-0.15, -0.1) is 0 Å². The molecule has 0 aliphatic rings. The molecule has 0 amide bonds. The Hall–Kier alpha value is -2.83. The number of rotatable bonds is 7. The number of H-pyrrole nitrogens is 1. The Morgan fingerprint density at radius 1 is 1.25 bits per heavy atom. The Morgan fingerprint density at radius 2 is 2.08 bits per heavy atom. The molecule has 7 nitrogen and oxygen atoms in total. The lowest BCUT2D eigenvalue weighted by Crippen LogP contribution is -2.16. The zero-order valence-corrected chi connectivity index (χ0v) is 13.9. The summed E-state index contributed by atoms with van der Waals surface area (Å²) in [6.45, 7) is 5.04. The van der Waals surface area contributed by atoms with E-state index in [0.717, 1.165) is 30.0 Å². The van der Waals surface area contributed by atoms with Gasteiger partial charge in [-0.1, -0.05) is 25.5 Å². The summed E-state index contributed by atoms with van der Waals surface area (Å²) in [5.41, 5.74) is 1.51. The number of ether oxygens (including phenoxy) is 1. The minimum atomic E-state index is -0.142. The van der Waals surface area contributed by atoms with Gasteiger partial charge in [0.15, 0.2) is 0 Å². The molecular formula is C17H21N5O2. The second-order valence-electron chi connectivity index (χ2n) is 5.42. The lowest BCUT2D eigenvalue weighted by Gasteiger charge is -2.10. The van der Waals surface area contributed by atoms with Crippen molar-refractivity contribution in [1.29, 1.82) is 0 Å². The van der Waals surface area contributed by atoms with E-state index < -0.39 is 0 Å². The van der Waals surface area contributed by atoms with Crippen LogP contribution >= 0.6 is 0 Å². The molecule has 0 fully saturated rings. The molecule has 24 heavy (non-hydrogen) atoms. The Morgan fingerprint density at radius 3 is 2.88 bits per heavy atom. The molecule has 0 spiro atoms. The van der Waals surface area contributed by atoms with E-state index >= 15 is 0 Å². The van der Waals surface area contributed by atoms with Gasteiger partial charge in [0.1, 0.15) is 11.6 Å². The molecule has 0 aliphatic carbocycles. The van der Waals surface area contributed by atoms with Crippen LogP contribution in [0.1, 0.15) is 31.8 Å². The standard InChI is InChI=1S/C17H21N5O2/c1-3-7-12-10-16(23)22-17(19-12)20-15(21-22)11-18-13-8-5-6-9-14(13)24-4-2/h5-6,8-10,18H,3-4,7,11H2,1-2H3,(H,19,20,21). The van der Waals surface area contributed by atoms with Gasteiger partial charge in [0.05, 0.1) is 24.5 Å². The molecule has 0 aliphatic heterocycles. The van der Waals surface area contributed by atoms with Gasteiger partial charge in [0.2, 0.25) is 0 Å². The highest BCUT2D eigenvalue weighted by Crippen LogP contribution is 2.23. The number of fused-ring (bicyclic) bond motifs is 1. The van der Waals surface area contributed by atoms with Crippen molar-refractivity contribution in [3.8, 4) is 5.75 Å². The van der Waals surface area contributed by atoms with Crippen LogP contribution in [-0.2, 0) is 13.0 Å². The molecule has 0 saturated carbocycles. The first kappa shape index (κ1) is 16.0.